The number of hydrogen-bond acceptors (Lipinski definition) is 8. The molecule has 2 saturated carbocycles. The third kappa shape index (κ3) is 6.95. The van der Waals surface area contributed by atoms with Gasteiger partial charge in [-0.15, -0.1) is 0 Å². The van der Waals surface area contributed by atoms with Gasteiger partial charge in [0.1, 0.15) is 23.7 Å². The second-order valence-corrected chi connectivity index (χ2v) is 14.1. The van der Waals surface area contributed by atoms with E-state index in [0.717, 1.165) is 74.8 Å². The highest BCUT2D eigenvalue weighted by Gasteiger charge is 2.63. The molecule has 8 nitrogen and oxygen atoms in total. The zero-order valence-electron chi connectivity index (χ0n) is 28.2. The van der Waals surface area contributed by atoms with Crippen molar-refractivity contribution in [2.75, 3.05) is 49.5 Å². The van der Waals surface area contributed by atoms with Crippen molar-refractivity contribution < 1.29 is 19.4 Å². The number of benzene rings is 2. The summed E-state index contributed by atoms with van der Waals surface area (Å²) >= 11 is 0. The Kier molecular flexibility index (Phi) is 9.99. The van der Waals surface area contributed by atoms with Crippen molar-refractivity contribution >= 4 is 23.1 Å². The molecule has 4 atom stereocenters. The Morgan fingerprint density at radius 2 is 1.87 bits per heavy atom. The Labute approximate surface area is 279 Å². The number of nitrogens with zero attached hydrogens (tertiary/aromatic N) is 3. The summed E-state index contributed by atoms with van der Waals surface area (Å²) < 4.78 is 6.10. The average molecular weight is 639 g/mol. The number of hydrogen-bond donors (Lipinski definition) is 2. The number of nitrogens with one attached hydrogen (secondary N) is 1. The SMILES string of the molecule is CCNc1cccnc1N1CCN(CC(=O)[C@@]2(O)CCC3C(CCc4cc(OCc5ccccc5)ccc4C)CC(=O)CC32C)CC1. The fraction of sp³-hybridized carbons (Fsp3) is 0.513. The molecular formula is C39H50N4O4. The summed E-state index contributed by atoms with van der Waals surface area (Å²) in [6, 6.07) is 20.4. The van der Waals surface area contributed by atoms with E-state index < -0.39 is 11.0 Å². The van der Waals surface area contributed by atoms with Gasteiger partial charge in [0.05, 0.1) is 12.2 Å². The number of aliphatic hydroxyl groups is 1. The summed E-state index contributed by atoms with van der Waals surface area (Å²) in [5.74, 6) is 2.10. The Bertz CT molecular complexity index is 1560. The van der Waals surface area contributed by atoms with Crippen LogP contribution < -0.4 is 15.0 Å². The normalized spacial score (nSPS) is 26.2. The first kappa shape index (κ1) is 33.2. The highest BCUT2D eigenvalue weighted by Crippen LogP contribution is 2.59. The Morgan fingerprint density at radius 1 is 1.09 bits per heavy atom. The topological polar surface area (TPSA) is 95.0 Å². The summed E-state index contributed by atoms with van der Waals surface area (Å²) in [5, 5.41) is 15.5. The van der Waals surface area contributed by atoms with Crippen molar-refractivity contribution in [1.82, 2.24) is 9.88 Å². The van der Waals surface area contributed by atoms with Gasteiger partial charge in [-0.2, -0.15) is 0 Å². The van der Waals surface area contributed by atoms with Crippen LogP contribution in [0, 0.1) is 24.2 Å². The number of ketones is 2. The molecule has 1 aliphatic heterocycles. The van der Waals surface area contributed by atoms with Gasteiger partial charge in [-0.1, -0.05) is 43.3 Å². The highest BCUT2D eigenvalue weighted by molar-refractivity contribution is 5.92. The minimum atomic E-state index is -1.48. The number of carbonyl (C=O) groups excluding carboxylic acids is 2. The third-order valence-corrected chi connectivity index (χ3v) is 11.2. The Balaban J connectivity index is 1.08. The van der Waals surface area contributed by atoms with E-state index in [4.69, 9.17) is 4.74 Å². The monoisotopic (exact) mass is 638 g/mol. The fourth-order valence-electron chi connectivity index (χ4n) is 8.50. The first-order valence-electron chi connectivity index (χ1n) is 17.4. The van der Waals surface area contributed by atoms with Crippen LogP contribution in [0.5, 0.6) is 5.75 Å². The molecule has 8 heteroatoms. The van der Waals surface area contributed by atoms with E-state index in [1.165, 1.54) is 11.1 Å². The van der Waals surface area contributed by atoms with Gasteiger partial charge in [-0.3, -0.25) is 14.5 Å². The largest absolute Gasteiger partial charge is 0.489 e. The molecule has 0 radical (unpaired) electrons. The zero-order chi connectivity index (χ0) is 33.0. The minimum absolute atomic E-state index is 0.130. The molecule has 47 heavy (non-hydrogen) atoms. The van der Waals surface area contributed by atoms with Gasteiger partial charge >= 0.3 is 0 Å². The molecule has 3 aliphatic rings. The van der Waals surface area contributed by atoms with Crippen LogP contribution in [-0.2, 0) is 22.6 Å². The molecule has 1 aromatic heterocycles. The minimum Gasteiger partial charge on any atom is -0.489 e. The van der Waals surface area contributed by atoms with E-state index in [2.05, 4.69) is 58.2 Å². The lowest BCUT2D eigenvalue weighted by Crippen LogP contribution is -2.58. The Morgan fingerprint density at radius 3 is 2.64 bits per heavy atom. The number of ether oxygens (including phenoxy) is 1. The molecule has 0 spiro atoms. The average Bonchev–Trinajstić information content (AvgIpc) is 3.35. The summed E-state index contributed by atoms with van der Waals surface area (Å²) in [6.45, 7) is 10.7. The number of aryl methyl sites for hydroxylation is 2. The van der Waals surface area contributed by atoms with Crippen LogP contribution in [0.4, 0.5) is 11.5 Å². The predicted octanol–water partition coefficient (Wildman–Crippen LogP) is 5.85. The van der Waals surface area contributed by atoms with Crippen molar-refractivity contribution in [3.05, 3.63) is 83.6 Å². The molecule has 2 aliphatic carbocycles. The maximum atomic E-state index is 14.0. The quantitative estimate of drug-likeness (QED) is 0.255. The molecule has 6 rings (SSSR count). The van der Waals surface area contributed by atoms with Gasteiger partial charge < -0.3 is 20.1 Å². The highest BCUT2D eigenvalue weighted by atomic mass is 16.5. The van der Waals surface area contributed by atoms with Crippen LogP contribution in [0.2, 0.25) is 0 Å². The standard InChI is InChI=1S/C39H50N4O4/c1-4-40-35-11-8-18-41-37(35)43-21-19-42(20-22-43)26-36(45)39(46)17-16-34-31(23-32(44)25-38(34,39)3)14-13-30-24-33(15-12-28(30)2)47-27-29-9-6-5-7-10-29/h5-12,15,18,24,31,34,40,46H,4,13-14,16-17,19-23,25-27H2,1-3H3/t31?,34?,38?,39-/m0/s1. The van der Waals surface area contributed by atoms with Crippen LogP contribution in [-0.4, -0.2) is 71.4 Å². The molecule has 3 aromatic rings. The van der Waals surface area contributed by atoms with Crippen LogP contribution >= 0.6 is 0 Å². The molecule has 2 N–H and O–H groups in total. The molecule has 0 amide bonds. The van der Waals surface area contributed by atoms with Gasteiger partial charge in [-0.25, -0.2) is 4.98 Å². The van der Waals surface area contributed by atoms with E-state index in [1.54, 1.807) is 0 Å². The number of fused-ring (bicyclic) bond motifs is 1. The maximum Gasteiger partial charge on any atom is 0.178 e. The van der Waals surface area contributed by atoms with Gasteiger partial charge in [0, 0.05) is 57.2 Å². The van der Waals surface area contributed by atoms with Crippen molar-refractivity contribution in [2.45, 2.75) is 71.5 Å². The number of carbonyl (C=O) groups is 2. The van der Waals surface area contributed by atoms with E-state index in [9.17, 15) is 14.7 Å². The van der Waals surface area contributed by atoms with Gasteiger partial charge in [0.25, 0.3) is 0 Å². The molecule has 2 heterocycles. The lowest BCUT2D eigenvalue weighted by molar-refractivity contribution is -0.160. The fourth-order valence-corrected chi connectivity index (χ4v) is 8.50. The summed E-state index contributed by atoms with van der Waals surface area (Å²) in [7, 11) is 0. The van der Waals surface area contributed by atoms with Crippen LogP contribution in [0.1, 0.15) is 62.6 Å². The molecule has 2 aromatic carbocycles. The molecular weight excluding hydrogens is 588 g/mol. The van der Waals surface area contributed by atoms with E-state index in [1.807, 2.05) is 49.5 Å². The van der Waals surface area contributed by atoms with Crippen molar-refractivity contribution in [3.63, 3.8) is 0 Å². The van der Waals surface area contributed by atoms with Crippen molar-refractivity contribution in [1.29, 1.82) is 0 Å². The Hall–Kier alpha value is -3.75. The smallest absolute Gasteiger partial charge is 0.178 e. The van der Waals surface area contributed by atoms with Crippen LogP contribution in [0.3, 0.4) is 0 Å². The van der Waals surface area contributed by atoms with Crippen molar-refractivity contribution in [2.24, 2.45) is 17.3 Å². The molecule has 0 bridgehead atoms. The first-order chi connectivity index (χ1) is 22.7. The molecule has 250 valence electrons. The number of anilines is 2. The second kappa shape index (κ2) is 14.2. The zero-order valence-corrected chi connectivity index (χ0v) is 28.2. The van der Waals surface area contributed by atoms with E-state index in [-0.39, 0.29) is 36.4 Å². The van der Waals surface area contributed by atoms with E-state index in [0.29, 0.717) is 19.4 Å². The van der Waals surface area contributed by atoms with Gasteiger partial charge in [-0.05, 0) is 92.3 Å². The first-order valence-corrected chi connectivity index (χ1v) is 17.4. The summed E-state index contributed by atoms with van der Waals surface area (Å²) in [4.78, 5) is 36.2. The predicted molar refractivity (Wildman–Crippen MR) is 186 cm³/mol. The number of piperazine rings is 1. The number of rotatable bonds is 12. The molecule has 3 fully saturated rings. The van der Waals surface area contributed by atoms with E-state index >= 15 is 0 Å². The second-order valence-electron chi connectivity index (χ2n) is 14.1. The number of pyridine rings is 1. The third-order valence-electron chi connectivity index (χ3n) is 11.2. The van der Waals surface area contributed by atoms with Crippen LogP contribution in [0.15, 0.2) is 66.9 Å². The summed E-state index contributed by atoms with van der Waals surface area (Å²) in [5.41, 5.74) is 2.36. The lowest BCUT2D eigenvalue weighted by Gasteiger charge is -2.48. The lowest BCUT2D eigenvalue weighted by atomic mass is 9.57. The summed E-state index contributed by atoms with van der Waals surface area (Å²) in [6.07, 6.45) is 5.51. The maximum absolute atomic E-state index is 14.0. The van der Waals surface area contributed by atoms with Gasteiger partial charge in [0.2, 0.25) is 0 Å². The molecule has 1 saturated heterocycles. The van der Waals surface area contributed by atoms with Crippen LogP contribution in [0.25, 0.3) is 0 Å². The van der Waals surface area contributed by atoms with Crippen molar-refractivity contribution in [3.8, 4) is 5.75 Å². The van der Waals surface area contributed by atoms with Gasteiger partial charge in [0.15, 0.2) is 11.6 Å². The number of Topliss-reactive ketones (excluding diaryl/α,β-unsaturated/α-hetero) is 2. The molecule has 3 unspecified atom stereocenters. The number of aromatic nitrogens is 1.